The quantitative estimate of drug-likeness (QED) is 0.784. The van der Waals surface area contributed by atoms with Crippen molar-refractivity contribution in [2.45, 2.75) is 38.3 Å². The van der Waals surface area contributed by atoms with Crippen LogP contribution in [0.2, 0.25) is 0 Å². The molecule has 0 bridgehead atoms. The number of nitrogens with one attached hydrogen (secondary N) is 1. The average molecular weight is 380 g/mol. The lowest BCUT2D eigenvalue weighted by molar-refractivity contribution is 0.195. The van der Waals surface area contributed by atoms with E-state index in [0.717, 1.165) is 37.6 Å². The van der Waals surface area contributed by atoms with Gasteiger partial charge in [-0.1, -0.05) is 0 Å². The van der Waals surface area contributed by atoms with Gasteiger partial charge in [-0.15, -0.1) is 23.7 Å². The van der Waals surface area contributed by atoms with E-state index in [-0.39, 0.29) is 18.2 Å². The van der Waals surface area contributed by atoms with Gasteiger partial charge in [0, 0.05) is 23.9 Å². The summed E-state index contributed by atoms with van der Waals surface area (Å²) in [6, 6.07) is 0.609. The normalized spacial score (nSPS) is 23.0. The molecule has 1 atom stereocenters. The number of sulfone groups is 1. The van der Waals surface area contributed by atoms with Crippen molar-refractivity contribution in [3.05, 3.63) is 16.6 Å². The van der Waals surface area contributed by atoms with E-state index >= 15 is 0 Å². The third-order valence-electron chi connectivity index (χ3n) is 4.97. The number of nitrogens with zero attached hydrogens (tertiary/aromatic N) is 2. The van der Waals surface area contributed by atoms with Crippen LogP contribution in [0.25, 0.3) is 0 Å². The molecule has 0 amide bonds. The molecule has 2 fully saturated rings. The van der Waals surface area contributed by atoms with Crippen LogP contribution < -0.4 is 5.32 Å². The Labute approximate surface area is 149 Å². The summed E-state index contributed by atoms with van der Waals surface area (Å²) in [5.41, 5.74) is 0.480. The highest BCUT2D eigenvalue weighted by Crippen LogP contribution is 2.56. The van der Waals surface area contributed by atoms with Crippen molar-refractivity contribution in [3.63, 3.8) is 0 Å². The van der Waals surface area contributed by atoms with Crippen LogP contribution in [0.4, 0.5) is 0 Å². The molecular formula is C15H26ClN3O2S2. The predicted molar refractivity (Wildman–Crippen MR) is 97.0 cm³/mol. The maximum absolute atomic E-state index is 11.4. The Morgan fingerprint density at radius 1 is 1.43 bits per heavy atom. The fourth-order valence-corrected chi connectivity index (χ4v) is 4.98. The maximum atomic E-state index is 11.4. The first kappa shape index (κ1) is 19.1. The highest BCUT2D eigenvalue weighted by Gasteiger charge is 2.56. The zero-order valence-electron chi connectivity index (χ0n) is 13.5. The van der Waals surface area contributed by atoms with Gasteiger partial charge in [-0.2, -0.15) is 0 Å². The van der Waals surface area contributed by atoms with Gasteiger partial charge in [-0.3, -0.25) is 4.90 Å². The Balaban J connectivity index is 0.00000192. The van der Waals surface area contributed by atoms with E-state index in [2.05, 4.69) is 15.2 Å². The lowest BCUT2D eigenvalue weighted by Crippen LogP contribution is -2.36. The molecule has 5 nitrogen and oxygen atoms in total. The van der Waals surface area contributed by atoms with Crippen LogP contribution in [0.1, 0.15) is 30.7 Å². The molecule has 1 aliphatic heterocycles. The minimum Gasteiger partial charge on any atom is -0.317 e. The molecular weight excluding hydrogens is 354 g/mol. The number of aromatic nitrogens is 1. The summed E-state index contributed by atoms with van der Waals surface area (Å²) in [4.78, 5) is 6.88. The Morgan fingerprint density at radius 3 is 2.78 bits per heavy atom. The van der Waals surface area contributed by atoms with Gasteiger partial charge in [0.05, 0.1) is 12.3 Å². The smallest absolute Gasteiger partial charge is 0.147 e. The fourth-order valence-electron chi connectivity index (χ4n) is 3.68. The molecule has 1 aromatic rings. The second-order valence-electron chi connectivity index (χ2n) is 6.71. The van der Waals surface area contributed by atoms with Gasteiger partial charge in [0.25, 0.3) is 0 Å². The number of hydrogen-bond acceptors (Lipinski definition) is 6. The zero-order chi connectivity index (χ0) is 15.6. The van der Waals surface area contributed by atoms with Gasteiger partial charge < -0.3 is 5.32 Å². The van der Waals surface area contributed by atoms with Gasteiger partial charge >= 0.3 is 0 Å². The molecule has 3 rings (SSSR count). The number of halogens is 1. The molecule has 1 aromatic heterocycles. The highest BCUT2D eigenvalue weighted by atomic mass is 35.5. The molecule has 1 saturated carbocycles. The van der Waals surface area contributed by atoms with Crippen molar-refractivity contribution in [2.75, 3.05) is 31.6 Å². The molecule has 1 N–H and O–H groups in total. The van der Waals surface area contributed by atoms with Gasteiger partial charge in [0.15, 0.2) is 0 Å². The first-order valence-corrected chi connectivity index (χ1v) is 10.9. The first-order chi connectivity index (χ1) is 10.5. The highest BCUT2D eigenvalue weighted by molar-refractivity contribution is 7.90. The molecule has 1 unspecified atom stereocenters. The molecule has 0 radical (unpaired) electrons. The van der Waals surface area contributed by atoms with E-state index in [1.165, 1.54) is 25.5 Å². The standard InChI is InChI=1S/C15H25N3O2S2.ClH/c1-22(19,20)10-2-8-18(12-14-17-7-9-21-14)13-11-15(13)3-5-16-6-4-15;/h7,9,13,16H,2-6,8,10-12H2,1H3;1H. The van der Waals surface area contributed by atoms with Gasteiger partial charge in [-0.05, 0) is 50.7 Å². The first-order valence-electron chi connectivity index (χ1n) is 7.99. The number of thiazole rings is 1. The number of rotatable bonds is 7. The van der Waals surface area contributed by atoms with E-state index in [1.54, 1.807) is 11.3 Å². The summed E-state index contributed by atoms with van der Waals surface area (Å²) in [6.45, 7) is 3.95. The van der Waals surface area contributed by atoms with Crippen LogP contribution in [-0.4, -0.2) is 56.0 Å². The maximum Gasteiger partial charge on any atom is 0.147 e. The van der Waals surface area contributed by atoms with Gasteiger partial charge in [0.2, 0.25) is 0 Å². The van der Waals surface area contributed by atoms with Crippen LogP contribution in [0, 0.1) is 5.41 Å². The van der Waals surface area contributed by atoms with E-state index in [9.17, 15) is 8.42 Å². The van der Waals surface area contributed by atoms with Crippen LogP contribution in [0.15, 0.2) is 11.6 Å². The number of hydrogen-bond donors (Lipinski definition) is 1. The SMILES string of the molecule is CS(=O)(=O)CCCN(Cc1nccs1)C1CC12CCNCC2.Cl. The third kappa shape index (κ3) is 5.13. The minimum atomic E-state index is -2.87. The van der Waals surface area contributed by atoms with E-state index < -0.39 is 9.84 Å². The van der Waals surface area contributed by atoms with Gasteiger partial charge in [-0.25, -0.2) is 13.4 Å². The number of piperidine rings is 1. The van der Waals surface area contributed by atoms with Crippen molar-refractivity contribution in [2.24, 2.45) is 5.41 Å². The van der Waals surface area contributed by atoms with Gasteiger partial charge in [0.1, 0.15) is 14.8 Å². The van der Waals surface area contributed by atoms with Crippen LogP contribution in [0.5, 0.6) is 0 Å². The van der Waals surface area contributed by atoms with E-state index in [1.807, 2.05) is 11.6 Å². The Hall–Kier alpha value is -0.210. The lowest BCUT2D eigenvalue weighted by Gasteiger charge is -2.29. The summed E-state index contributed by atoms with van der Waals surface area (Å²) in [7, 11) is -2.87. The summed E-state index contributed by atoms with van der Waals surface area (Å²) >= 11 is 1.69. The molecule has 1 aliphatic carbocycles. The van der Waals surface area contributed by atoms with Crippen molar-refractivity contribution in [3.8, 4) is 0 Å². The second kappa shape index (κ2) is 7.78. The molecule has 8 heteroatoms. The second-order valence-corrected chi connectivity index (χ2v) is 9.95. The van der Waals surface area contributed by atoms with Crippen molar-refractivity contribution < 1.29 is 8.42 Å². The van der Waals surface area contributed by atoms with Crippen LogP contribution >= 0.6 is 23.7 Å². The summed E-state index contributed by atoms with van der Waals surface area (Å²) in [5, 5.41) is 6.59. The monoisotopic (exact) mass is 379 g/mol. The Kier molecular flexibility index (Phi) is 6.47. The predicted octanol–water partition coefficient (Wildman–Crippen LogP) is 1.94. The Morgan fingerprint density at radius 2 is 2.17 bits per heavy atom. The van der Waals surface area contributed by atoms with E-state index in [0.29, 0.717) is 11.5 Å². The fraction of sp³-hybridized carbons (Fsp3) is 0.800. The third-order valence-corrected chi connectivity index (χ3v) is 6.76. The largest absolute Gasteiger partial charge is 0.317 e. The topological polar surface area (TPSA) is 62.3 Å². The molecule has 132 valence electrons. The molecule has 0 aromatic carbocycles. The summed E-state index contributed by atoms with van der Waals surface area (Å²) < 4.78 is 22.7. The molecule has 2 heterocycles. The van der Waals surface area contributed by atoms with Crippen LogP contribution in [-0.2, 0) is 16.4 Å². The Bertz CT molecular complexity index is 586. The molecule has 1 saturated heterocycles. The molecule has 23 heavy (non-hydrogen) atoms. The average Bonchev–Trinajstić information content (AvgIpc) is 2.91. The molecule has 2 aliphatic rings. The van der Waals surface area contributed by atoms with E-state index in [4.69, 9.17) is 0 Å². The van der Waals surface area contributed by atoms with Crippen molar-refractivity contribution in [1.29, 1.82) is 0 Å². The lowest BCUT2D eigenvalue weighted by atomic mass is 9.93. The molecule has 1 spiro atoms. The van der Waals surface area contributed by atoms with Crippen LogP contribution in [0.3, 0.4) is 0 Å². The summed E-state index contributed by atoms with van der Waals surface area (Å²) in [5.74, 6) is 0.280. The minimum absolute atomic E-state index is 0. The zero-order valence-corrected chi connectivity index (χ0v) is 16.0. The van der Waals surface area contributed by atoms with Crippen molar-refractivity contribution >= 4 is 33.6 Å². The summed E-state index contributed by atoms with van der Waals surface area (Å²) in [6.07, 6.45) is 7.65. The van der Waals surface area contributed by atoms with Crippen molar-refractivity contribution in [1.82, 2.24) is 15.2 Å².